The fraction of sp³-hybridized carbons (Fsp3) is 0.0625. The number of ketones is 1. The minimum atomic E-state index is -0.810. The van der Waals surface area contributed by atoms with Crippen LogP contribution in [0.25, 0.3) is 11.8 Å². The summed E-state index contributed by atoms with van der Waals surface area (Å²) >= 11 is 0. The van der Waals surface area contributed by atoms with E-state index in [-0.39, 0.29) is 5.69 Å². The summed E-state index contributed by atoms with van der Waals surface area (Å²) in [4.78, 5) is 12.3. The molecule has 0 N–H and O–H groups in total. The Balaban J connectivity index is 1.93. The second kappa shape index (κ2) is 6.18. The first kappa shape index (κ1) is 14.6. The third-order valence-corrected chi connectivity index (χ3v) is 3.10. The van der Waals surface area contributed by atoms with Crippen LogP contribution in [0.3, 0.4) is 0 Å². The van der Waals surface area contributed by atoms with E-state index in [1.165, 1.54) is 18.4 Å². The Kier molecular flexibility index (Phi) is 3.92. The van der Waals surface area contributed by atoms with Crippen LogP contribution in [-0.4, -0.2) is 18.2 Å². The fourth-order valence-electron chi connectivity index (χ4n) is 1.98. The Labute approximate surface area is 131 Å². The minimum Gasteiger partial charge on any atom is -0.539 e. The molecule has 3 rings (SSSR count). The Morgan fingerprint density at radius 2 is 2.09 bits per heavy atom. The summed E-state index contributed by atoms with van der Waals surface area (Å²) < 4.78 is 15.9. The van der Waals surface area contributed by atoms with Crippen LogP contribution < -0.4 is 14.5 Å². The van der Waals surface area contributed by atoms with Crippen LogP contribution in [0.2, 0.25) is 0 Å². The van der Waals surface area contributed by atoms with Gasteiger partial charge < -0.3 is 18.8 Å². The highest BCUT2D eigenvalue weighted by Gasteiger charge is 2.25. The predicted octanol–water partition coefficient (Wildman–Crippen LogP) is 1.52. The molecule has 7 heteroatoms. The van der Waals surface area contributed by atoms with Crippen molar-refractivity contribution in [2.45, 2.75) is 0 Å². The van der Waals surface area contributed by atoms with E-state index in [1.54, 1.807) is 43.5 Å². The average Bonchev–Trinajstić information content (AvgIpc) is 3.22. The first-order valence-electron chi connectivity index (χ1n) is 6.68. The summed E-state index contributed by atoms with van der Waals surface area (Å²) in [7, 11) is 1.54. The van der Waals surface area contributed by atoms with Crippen LogP contribution >= 0.6 is 0 Å². The number of ether oxygens (including phenoxy) is 1. The maximum atomic E-state index is 12.3. The second-order valence-electron chi connectivity index (χ2n) is 4.53. The molecule has 0 saturated carbocycles. The second-order valence-corrected chi connectivity index (χ2v) is 4.53. The smallest absolute Gasteiger partial charge is 0.310 e. The number of furan rings is 1. The molecule has 0 radical (unpaired) electrons. The summed E-state index contributed by atoms with van der Waals surface area (Å²) in [6.45, 7) is 0. The molecule has 116 valence electrons. The van der Waals surface area contributed by atoms with Gasteiger partial charge in [0.2, 0.25) is 5.69 Å². The van der Waals surface area contributed by atoms with Gasteiger partial charge in [-0.05, 0) is 41.1 Å². The highest BCUT2D eigenvalue weighted by Crippen LogP contribution is 2.15. The van der Waals surface area contributed by atoms with Gasteiger partial charge in [0, 0.05) is 12.1 Å². The van der Waals surface area contributed by atoms with E-state index in [1.807, 2.05) is 0 Å². The minimum absolute atomic E-state index is 0.196. The monoisotopic (exact) mass is 312 g/mol. The summed E-state index contributed by atoms with van der Waals surface area (Å²) in [5.74, 6) is -0.206. The van der Waals surface area contributed by atoms with Crippen molar-refractivity contribution in [3.8, 4) is 17.4 Å². The number of nitrogens with zero attached hydrogens (tertiary/aromatic N) is 2. The molecule has 1 aromatic carbocycles. The molecule has 0 fully saturated rings. The lowest BCUT2D eigenvalue weighted by atomic mass is 10.2. The maximum absolute atomic E-state index is 12.3. The zero-order valence-corrected chi connectivity index (χ0v) is 12.1. The normalized spacial score (nSPS) is 11.0. The van der Waals surface area contributed by atoms with Crippen molar-refractivity contribution < 1.29 is 28.3 Å². The molecule has 0 saturated heterocycles. The maximum Gasteiger partial charge on any atom is 0.310 e. The SMILES string of the molecule is COc1ccc(-[n+]2noc([O-])c2C(=O)/C=C/c2ccco2)cc1. The van der Waals surface area contributed by atoms with E-state index in [2.05, 4.69) is 9.79 Å². The molecule has 2 heterocycles. The molecule has 0 atom stereocenters. The molecule has 7 nitrogen and oxygen atoms in total. The molecule has 3 aromatic rings. The van der Waals surface area contributed by atoms with Crippen molar-refractivity contribution in [2.75, 3.05) is 7.11 Å². The van der Waals surface area contributed by atoms with Crippen molar-refractivity contribution in [3.63, 3.8) is 0 Å². The van der Waals surface area contributed by atoms with Gasteiger partial charge in [-0.1, -0.05) is 0 Å². The van der Waals surface area contributed by atoms with E-state index in [4.69, 9.17) is 9.15 Å². The number of rotatable bonds is 5. The molecule has 0 aliphatic rings. The Morgan fingerprint density at radius 1 is 1.30 bits per heavy atom. The van der Waals surface area contributed by atoms with E-state index in [0.29, 0.717) is 17.2 Å². The third-order valence-electron chi connectivity index (χ3n) is 3.10. The van der Waals surface area contributed by atoms with Crippen molar-refractivity contribution in [2.24, 2.45) is 0 Å². The summed E-state index contributed by atoms with van der Waals surface area (Å²) in [6, 6.07) is 10.1. The van der Waals surface area contributed by atoms with E-state index < -0.39 is 11.7 Å². The summed E-state index contributed by atoms with van der Waals surface area (Å²) in [6.07, 6.45) is 4.18. The number of benzene rings is 1. The standard InChI is InChI=1S/C16H12N2O5/c1-21-12-6-4-11(5-7-12)18-15(16(20)23-17-18)14(19)9-8-13-3-2-10-22-13/h2-10H,1H3/b9-8+. The van der Waals surface area contributed by atoms with Gasteiger partial charge in [-0.25, -0.2) is 0 Å². The van der Waals surface area contributed by atoms with Gasteiger partial charge in [0.1, 0.15) is 11.5 Å². The van der Waals surface area contributed by atoms with Crippen LogP contribution in [0.5, 0.6) is 11.7 Å². The van der Waals surface area contributed by atoms with Crippen LogP contribution in [0.1, 0.15) is 16.2 Å². The molecule has 2 aromatic heterocycles. The average molecular weight is 312 g/mol. The van der Waals surface area contributed by atoms with Crippen LogP contribution in [0.4, 0.5) is 0 Å². The van der Waals surface area contributed by atoms with Crippen LogP contribution in [0, 0.1) is 0 Å². The van der Waals surface area contributed by atoms with Crippen LogP contribution in [-0.2, 0) is 0 Å². The van der Waals surface area contributed by atoms with Crippen molar-refractivity contribution in [1.82, 2.24) is 5.27 Å². The fourth-order valence-corrected chi connectivity index (χ4v) is 1.98. The van der Waals surface area contributed by atoms with Gasteiger partial charge >= 0.3 is 5.69 Å². The molecular formula is C16H12N2O5. The largest absolute Gasteiger partial charge is 0.539 e. The lowest BCUT2D eigenvalue weighted by molar-refractivity contribution is -0.672. The highest BCUT2D eigenvalue weighted by molar-refractivity contribution is 6.05. The van der Waals surface area contributed by atoms with E-state index in [9.17, 15) is 9.90 Å². The van der Waals surface area contributed by atoms with Gasteiger partial charge in [-0.2, -0.15) is 0 Å². The Morgan fingerprint density at radius 3 is 2.74 bits per heavy atom. The zero-order valence-electron chi connectivity index (χ0n) is 12.1. The van der Waals surface area contributed by atoms with Gasteiger partial charge in [0.05, 0.1) is 18.6 Å². The van der Waals surface area contributed by atoms with Gasteiger partial charge in [-0.3, -0.25) is 4.79 Å². The van der Waals surface area contributed by atoms with E-state index in [0.717, 1.165) is 4.68 Å². The number of allylic oxidation sites excluding steroid dienone is 1. The molecule has 0 spiro atoms. The number of hydrogen-bond acceptors (Lipinski definition) is 6. The van der Waals surface area contributed by atoms with Gasteiger partial charge in [0.25, 0.3) is 5.78 Å². The number of carbonyl (C=O) groups is 1. The first-order chi connectivity index (χ1) is 11.2. The number of aromatic nitrogens is 2. The topological polar surface area (TPSA) is 92.4 Å². The van der Waals surface area contributed by atoms with Gasteiger partial charge in [0.15, 0.2) is 5.95 Å². The predicted molar refractivity (Wildman–Crippen MR) is 76.1 cm³/mol. The lowest BCUT2D eigenvalue weighted by Gasteiger charge is -1.98. The lowest BCUT2D eigenvalue weighted by Crippen LogP contribution is -2.38. The molecule has 0 amide bonds. The molecular weight excluding hydrogens is 300 g/mol. The number of carbonyl (C=O) groups excluding carboxylic acids is 1. The quantitative estimate of drug-likeness (QED) is 0.403. The first-order valence-corrected chi connectivity index (χ1v) is 6.68. The van der Waals surface area contributed by atoms with Crippen molar-refractivity contribution >= 4 is 11.9 Å². The Bertz CT molecular complexity index is 832. The van der Waals surface area contributed by atoms with Crippen molar-refractivity contribution in [1.29, 1.82) is 0 Å². The molecule has 0 bridgehead atoms. The van der Waals surface area contributed by atoms with E-state index >= 15 is 0 Å². The van der Waals surface area contributed by atoms with Crippen LogP contribution in [0.15, 0.2) is 57.7 Å². The number of methoxy groups -OCH3 is 1. The molecule has 0 aliphatic heterocycles. The third kappa shape index (κ3) is 2.98. The zero-order chi connectivity index (χ0) is 16.2. The highest BCUT2D eigenvalue weighted by atomic mass is 16.6. The molecule has 23 heavy (non-hydrogen) atoms. The van der Waals surface area contributed by atoms with Gasteiger partial charge in [-0.15, -0.1) is 0 Å². The summed E-state index contributed by atoms with van der Waals surface area (Å²) in [5, 5.41) is 15.4. The summed E-state index contributed by atoms with van der Waals surface area (Å²) in [5.41, 5.74) is 0.310. The molecule has 0 unspecified atom stereocenters. The molecule has 0 aliphatic carbocycles. The van der Waals surface area contributed by atoms with Crippen molar-refractivity contribution in [3.05, 3.63) is 60.2 Å². The Hall–Kier alpha value is -3.35. The number of hydrogen-bond donors (Lipinski definition) is 0.